The Morgan fingerprint density at radius 1 is 1.12 bits per heavy atom. The summed E-state index contributed by atoms with van der Waals surface area (Å²) in [7, 11) is 0. The van der Waals surface area contributed by atoms with Gasteiger partial charge in [0, 0.05) is 13.8 Å². The van der Waals surface area contributed by atoms with E-state index in [1.54, 1.807) is 0 Å². The summed E-state index contributed by atoms with van der Waals surface area (Å²) in [4.78, 5) is 22.0. The van der Waals surface area contributed by atoms with Crippen molar-refractivity contribution in [1.29, 1.82) is 0 Å². The monoisotopic (exact) mass is 228 g/mol. The van der Waals surface area contributed by atoms with Crippen molar-refractivity contribution in [3.05, 3.63) is 0 Å². The predicted molar refractivity (Wildman–Crippen MR) is 53.6 cm³/mol. The van der Waals surface area contributed by atoms with Crippen molar-refractivity contribution in [2.24, 2.45) is 5.92 Å². The molecule has 1 aliphatic carbocycles. The standard InChI is InChI=1S/C11H16O5/c1-6(12)15-10(8-3-4-8)11(9-5-14-9)16-7(2)13/h8-11H,3-5H2,1-2H3/t9-,10-,11+/m0/s1. The molecule has 2 fully saturated rings. The molecule has 0 bridgehead atoms. The smallest absolute Gasteiger partial charge is 0.303 e. The van der Waals surface area contributed by atoms with Crippen LogP contribution in [0.4, 0.5) is 0 Å². The average Bonchev–Trinajstić information content (AvgIpc) is 3.01. The molecule has 1 heterocycles. The molecule has 0 N–H and O–H groups in total. The summed E-state index contributed by atoms with van der Waals surface area (Å²) in [5.41, 5.74) is 0. The van der Waals surface area contributed by atoms with Crippen LogP contribution in [0.1, 0.15) is 26.7 Å². The Bertz CT molecular complexity index is 263. The number of rotatable bonds is 5. The summed E-state index contributed by atoms with van der Waals surface area (Å²) in [5.74, 6) is -0.384. The number of esters is 2. The number of hydrogen-bond acceptors (Lipinski definition) is 5. The summed E-state index contributed by atoms with van der Waals surface area (Å²) < 4.78 is 15.6. The topological polar surface area (TPSA) is 65.1 Å². The second-order valence-electron chi connectivity index (χ2n) is 4.36. The first-order valence-corrected chi connectivity index (χ1v) is 5.54. The lowest BCUT2D eigenvalue weighted by atomic mass is 10.1. The van der Waals surface area contributed by atoms with Crippen LogP contribution < -0.4 is 0 Å². The molecule has 0 amide bonds. The van der Waals surface area contributed by atoms with Crippen LogP contribution in [0.15, 0.2) is 0 Å². The maximum Gasteiger partial charge on any atom is 0.303 e. The minimum absolute atomic E-state index is 0.103. The van der Waals surface area contributed by atoms with Gasteiger partial charge in [-0.1, -0.05) is 0 Å². The molecule has 5 nitrogen and oxygen atoms in total. The first-order chi connectivity index (χ1) is 7.58. The van der Waals surface area contributed by atoms with Crippen molar-refractivity contribution in [3.63, 3.8) is 0 Å². The van der Waals surface area contributed by atoms with Crippen LogP contribution in [-0.2, 0) is 23.8 Å². The summed E-state index contributed by atoms with van der Waals surface area (Å²) in [6.45, 7) is 3.30. The van der Waals surface area contributed by atoms with Crippen molar-refractivity contribution in [3.8, 4) is 0 Å². The van der Waals surface area contributed by atoms with Crippen LogP contribution >= 0.6 is 0 Å². The van der Waals surface area contributed by atoms with E-state index in [1.807, 2.05) is 0 Å². The lowest BCUT2D eigenvalue weighted by molar-refractivity contribution is -0.168. The van der Waals surface area contributed by atoms with Crippen LogP contribution in [0.25, 0.3) is 0 Å². The Kier molecular flexibility index (Phi) is 3.14. The molecule has 1 aliphatic heterocycles. The Labute approximate surface area is 94.0 Å². The van der Waals surface area contributed by atoms with Gasteiger partial charge in [0.05, 0.1) is 6.61 Å². The number of hydrogen-bond donors (Lipinski definition) is 0. The van der Waals surface area contributed by atoms with E-state index in [0.717, 1.165) is 12.8 Å². The molecule has 1 saturated carbocycles. The summed E-state index contributed by atoms with van der Waals surface area (Å²) in [6.07, 6.45) is 1.15. The van der Waals surface area contributed by atoms with Gasteiger partial charge in [0.25, 0.3) is 0 Å². The first kappa shape index (κ1) is 11.4. The maximum absolute atomic E-state index is 11.0. The lowest BCUT2D eigenvalue weighted by Gasteiger charge is -2.24. The van der Waals surface area contributed by atoms with Gasteiger partial charge in [-0.05, 0) is 18.8 Å². The molecule has 0 radical (unpaired) electrons. The maximum atomic E-state index is 11.0. The highest BCUT2D eigenvalue weighted by Gasteiger charge is 2.48. The van der Waals surface area contributed by atoms with Crippen LogP contribution in [0.3, 0.4) is 0 Å². The van der Waals surface area contributed by atoms with E-state index in [4.69, 9.17) is 14.2 Å². The zero-order valence-electron chi connectivity index (χ0n) is 9.47. The second kappa shape index (κ2) is 4.41. The van der Waals surface area contributed by atoms with Crippen molar-refractivity contribution >= 4 is 11.9 Å². The normalized spacial score (nSPS) is 26.8. The third-order valence-corrected chi connectivity index (χ3v) is 2.74. The van der Waals surface area contributed by atoms with Gasteiger partial charge >= 0.3 is 11.9 Å². The Morgan fingerprint density at radius 2 is 1.62 bits per heavy atom. The minimum Gasteiger partial charge on any atom is -0.458 e. The molecule has 0 spiro atoms. The van der Waals surface area contributed by atoms with E-state index < -0.39 is 6.10 Å². The second-order valence-corrected chi connectivity index (χ2v) is 4.36. The van der Waals surface area contributed by atoms with Gasteiger partial charge in [0.1, 0.15) is 12.2 Å². The highest BCUT2D eigenvalue weighted by atomic mass is 16.6. The molecule has 2 aliphatic rings. The molecule has 16 heavy (non-hydrogen) atoms. The minimum atomic E-state index is -0.436. The molecule has 5 heteroatoms. The zero-order chi connectivity index (χ0) is 11.7. The van der Waals surface area contributed by atoms with Crippen molar-refractivity contribution in [2.75, 3.05) is 6.61 Å². The summed E-state index contributed by atoms with van der Waals surface area (Å²) >= 11 is 0. The molecule has 2 rings (SSSR count). The molecule has 0 aromatic carbocycles. The number of carbonyl (C=O) groups excluding carboxylic acids is 2. The molecule has 3 atom stereocenters. The lowest BCUT2D eigenvalue weighted by Crippen LogP contribution is -2.40. The van der Waals surface area contributed by atoms with E-state index in [0.29, 0.717) is 12.5 Å². The average molecular weight is 228 g/mol. The van der Waals surface area contributed by atoms with E-state index in [1.165, 1.54) is 13.8 Å². The van der Waals surface area contributed by atoms with Crippen LogP contribution in [0.2, 0.25) is 0 Å². The zero-order valence-corrected chi connectivity index (χ0v) is 9.47. The van der Waals surface area contributed by atoms with Gasteiger partial charge in [-0.2, -0.15) is 0 Å². The molecular formula is C11H16O5. The van der Waals surface area contributed by atoms with Gasteiger partial charge < -0.3 is 14.2 Å². The van der Waals surface area contributed by atoms with Gasteiger partial charge in [-0.25, -0.2) is 0 Å². The van der Waals surface area contributed by atoms with Crippen molar-refractivity contribution in [1.82, 2.24) is 0 Å². The number of carbonyl (C=O) groups is 2. The quantitative estimate of drug-likeness (QED) is 0.511. The molecule has 0 unspecified atom stereocenters. The van der Waals surface area contributed by atoms with Crippen LogP contribution in [0.5, 0.6) is 0 Å². The van der Waals surface area contributed by atoms with Gasteiger partial charge in [0.15, 0.2) is 6.10 Å². The fourth-order valence-corrected chi connectivity index (χ4v) is 1.84. The number of epoxide rings is 1. The molecule has 0 aromatic heterocycles. The Balaban J connectivity index is 2.01. The fraction of sp³-hybridized carbons (Fsp3) is 0.818. The first-order valence-electron chi connectivity index (χ1n) is 5.54. The van der Waals surface area contributed by atoms with Gasteiger partial charge in [0.2, 0.25) is 0 Å². The predicted octanol–water partition coefficient (Wildman–Crippen LogP) is 0.659. The van der Waals surface area contributed by atoms with E-state index >= 15 is 0 Å². The molecule has 90 valence electrons. The van der Waals surface area contributed by atoms with Gasteiger partial charge in [-0.15, -0.1) is 0 Å². The summed E-state index contributed by atoms with van der Waals surface area (Å²) in [6, 6.07) is 0. The third-order valence-electron chi connectivity index (χ3n) is 2.74. The Hall–Kier alpha value is -1.10. The molecule has 0 aromatic rings. The summed E-state index contributed by atoms with van der Waals surface area (Å²) in [5, 5.41) is 0. The Morgan fingerprint density at radius 3 is 2.00 bits per heavy atom. The van der Waals surface area contributed by atoms with Crippen LogP contribution in [-0.4, -0.2) is 36.9 Å². The molecular weight excluding hydrogens is 212 g/mol. The van der Waals surface area contributed by atoms with Gasteiger partial charge in [-0.3, -0.25) is 9.59 Å². The molecule has 1 saturated heterocycles. The largest absolute Gasteiger partial charge is 0.458 e. The van der Waals surface area contributed by atoms with Crippen LogP contribution in [0, 0.1) is 5.92 Å². The highest BCUT2D eigenvalue weighted by molar-refractivity contribution is 5.67. The SMILES string of the molecule is CC(=O)O[C@H]([C@@H]1CO1)[C@@H](OC(C)=O)C1CC1. The number of ether oxygens (including phenoxy) is 3. The van der Waals surface area contributed by atoms with E-state index in [2.05, 4.69) is 0 Å². The fourth-order valence-electron chi connectivity index (χ4n) is 1.84. The highest BCUT2D eigenvalue weighted by Crippen LogP contribution is 2.39. The van der Waals surface area contributed by atoms with Crippen molar-refractivity contribution in [2.45, 2.75) is 45.0 Å². The third kappa shape index (κ3) is 2.95. The van der Waals surface area contributed by atoms with E-state index in [-0.39, 0.29) is 24.1 Å². The van der Waals surface area contributed by atoms with Crippen molar-refractivity contribution < 1.29 is 23.8 Å². The van der Waals surface area contributed by atoms with E-state index in [9.17, 15) is 9.59 Å².